The number of hydrogen-bond donors (Lipinski definition) is 2. The smallest absolute Gasteiger partial charge is 0.128 e. The number of aromatic nitrogens is 1. The summed E-state index contributed by atoms with van der Waals surface area (Å²) >= 11 is 5.82. The Labute approximate surface area is 103 Å². The largest absolute Gasteiger partial charge is 0.383 e. The predicted molar refractivity (Wildman–Crippen MR) is 66.1 cm³/mol. The van der Waals surface area contributed by atoms with Gasteiger partial charge in [-0.1, -0.05) is 29.8 Å². The van der Waals surface area contributed by atoms with E-state index in [4.69, 9.17) is 23.1 Å². The first kappa shape index (κ1) is 11.8. The zero-order valence-corrected chi connectivity index (χ0v) is 9.66. The lowest BCUT2D eigenvalue weighted by atomic mass is 10.00. The van der Waals surface area contributed by atoms with Crippen LogP contribution >= 0.6 is 11.6 Å². The molecule has 1 aromatic carbocycles. The Morgan fingerprint density at radius 3 is 2.65 bits per heavy atom. The highest BCUT2D eigenvalue weighted by atomic mass is 35.5. The van der Waals surface area contributed by atoms with Crippen LogP contribution in [-0.2, 0) is 0 Å². The van der Waals surface area contributed by atoms with E-state index in [1.54, 1.807) is 24.3 Å². The van der Waals surface area contributed by atoms with Crippen LogP contribution in [0.5, 0.6) is 0 Å². The summed E-state index contributed by atoms with van der Waals surface area (Å²) in [4.78, 5) is 3.90. The first-order valence-electron chi connectivity index (χ1n) is 5.00. The molecule has 4 N–H and O–H groups in total. The molecule has 0 radical (unpaired) electrons. The molecule has 0 bridgehead atoms. The molecule has 0 aliphatic rings. The van der Waals surface area contributed by atoms with Crippen molar-refractivity contribution in [2.75, 3.05) is 5.73 Å². The molecule has 1 atom stereocenters. The van der Waals surface area contributed by atoms with Gasteiger partial charge in [-0.05, 0) is 12.1 Å². The van der Waals surface area contributed by atoms with Crippen LogP contribution in [0.4, 0.5) is 10.2 Å². The summed E-state index contributed by atoms with van der Waals surface area (Å²) in [6.45, 7) is 0. The number of nitrogens with zero attached hydrogens (tertiary/aromatic N) is 1. The summed E-state index contributed by atoms with van der Waals surface area (Å²) < 4.78 is 13.6. The first-order valence-corrected chi connectivity index (χ1v) is 5.38. The summed E-state index contributed by atoms with van der Waals surface area (Å²) in [6.07, 6.45) is 1.43. The van der Waals surface area contributed by atoms with Gasteiger partial charge in [0.1, 0.15) is 11.6 Å². The number of hydrogen-bond acceptors (Lipinski definition) is 3. The van der Waals surface area contributed by atoms with Crippen molar-refractivity contribution in [2.45, 2.75) is 6.04 Å². The molecule has 88 valence electrons. The fourth-order valence-corrected chi connectivity index (χ4v) is 1.78. The van der Waals surface area contributed by atoms with Crippen LogP contribution in [0, 0.1) is 5.82 Å². The van der Waals surface area contributed by atoms with Gasteiger partial charge in [0.25, 0.3) is 0 Å². The third-order valence-electron chi connectivity index (χ3n) is 2.49. The minimum atomic E-state index is -0.678. The van der Waals surface area contributed by atoms with E-state index in [1.807, 2.05) is 0 Å². The number of rotatable bonds is 2. The van der Waals surface area contributed by atoms with E-state index in [2.05, 4.69) is 4.98 Å². The number of nitrogen functional groups attached to an aromatic ring is 1. The van der Waals surface area contributed by atoms with Gasteiger partial charge in [0.15, 0.2) is 0 Å². The number of nitrogens with two attached hydrogens (primary N) is 2. The molecule has 1 aromatic heterocycles. The fraction of sp³-hybridized carbons (Fsp3) is 0.0833. The molecule has 17 heavy (non-hydrogen) atoms. The fourth-order valence-electron chi connectivity index (χ4n) is 1.61. The Hall–Kier alpha value is -1.65. The molecule has 0 aliphatic carbocycles. The maximum atomic E-state index is 13.6. The van der Waals surface area contributed by atoms with Crippen LogP contribution in [0.25, 0.3) is 0 Å². The lowest BCUT2D eigenvalue weighted by Crippen LogP contribution is -2.16. The van der Waals surface area contributed by atoms with Crippen molar-refractivity contribution in [3.63, 3.8) is 0 Å². The lowest BCUT2D eigenvalue weighted by Gasteiger charge is -2.15. The average molecular weight is 252 g/mol. The second-order valence-corrected chi connectivity index (χ2v) is 4.06. The molecule has 5 heteroatoms. The third kappa shape index (κ3) is 2.38. The monoisotopic (exact) mass is 251 g/mol. The molecule has 0 saturated heterocycles. The van der Waals surface area contributed by atoms with Gasteiger partial charge in [0.2, 0.25) is 0 Å². The molecular formula is C12H11ClFN3. The van der Waals surface area contributed by atoms with E-state index in [-0.39, 0.29) is 11.6 Å². The van der Waals surface area contributed by atoms with Crippen LogP contribution in [0.3, 0.4) is 0 Å². The van der Waals surface area contributed by atoms with Crippen LogP contribution in [0.1, 0.15) is 17.2 Å². The van der Waals surface area contributed by atoms with Gasteiger partial charge in [0.05, 0.1) is 11.1 Å². The molecule has 1 heterocycles. The number of pyridine rings is 1. The Balaban J connectivity index is 2.47. The standard InChI is InChI=1S/C12H11ClFN3/c13-7-5-9(12(16)17-6-7)11(15)8-3-1-2-4-10(8)14/h1-6,11H,15H2,(H2,16,17). The lowest BCUT2D eigenvalue weighted by molar-refractivity contribution is 0.600. The van der Waals surface area contributed by atoms with Crippen molar-refractivity contribution in [3.05, 3.63) is 58.5 Å². The van der Waals surface area contributed by atoms with E-state index in [0.717, 1.165) is 0 Å². The van der Waals surface area contributed by atoms with Gasteiger partial charge in [-0.3, -0.25) is 0 Å². The van der Waals surface area contributed by atoms with E-state index >= 15 is 0 Å². The van der Waals surface area contributed by atoms with Gasteiger partial charge in [-0.15, -0.1) is 0 Å². The second kappa shape index (κ2) is 4.69. The van der Waals surface area contributed by atoms with Gasteiger partial charge < -0.3 is 11.5 Å². The zero-order valence-electron chi connectivity index (χ0n) is 8.90. The zero-order chi connectivity index (χ0) is 12.4. The quantitative estimate of drug-likeness (QED) is 0.862. The molecule has 0 aliphatic heterocycles. The third-order valence-corrected chi connectivity index (χ3v) is 2.70. The number of halogens is 2. The Morgan fingerprint density at radius 1 is 1.24 bits per heavy atom. The number of benzene rings is 1. The Morgan fingerprint density at radius 2 is 1.94 bits per heavy atom. The Bertz CT molecular complexity index is 545. The van der Waals surface area contributed by atoms with E-state index in [9.17, 15) is 4.39 Å². The molecule has 0 amide bonds. The van der Waals surface area contributed by atoms with Gasteiger partial charge in [0, 0.05) is 17.3 Å². The van der Waals surface area contributed by atoms with Crippen LogP contribution in [-0.4, -0.2) is 4.98 Å². The summed E-state index contributed by atoms with van der Waals surface area (Å²) in [6, 6.07) is 7.20. The van der Waals surface area contributed by atoms with E-state index < -0.39 is 6.04 Å². The average Bonchev–Trinajstić information content (AvgIpc) is 2.32. The molecule has 1 unspecified atom stereocenters. The predicted octanol–water partition coefficient (Wildman–Crippen LogP) is 2.50. The van der Waals surface area contributed by atoms with Gasteiger partial charge >= 0.3 is 0 Å². The highest BCUT2D eigenvalue weighted by molar-refractivity contribution is 6.30. The topological polar surface area (TPSA) is 64.9 Å². The van der Waals surface area contributed by atoms with Crippen molar-refractivity contribution >= 4 is 17.4 Å². The van der Waals surface area contributed by atoms with Crippen molar-refractivity contribution < 1.29 is 4.39 Å². The maximum absolute atomic E-state index is 13.6. The van der Waals surface area contributed by atoms with Crippen molar-refractivity contribution in [2.24, 2.45) is 5.73 Å². The summed E-state index contributed by atoms with van der Waals surface area (Å²) in [5.74, 6) is -0.121. The number of anilines is 1. The van der Waals surface area contributed by atoms with E-state index in [0.29, 0.717) is 16.1 Å². The molecule has 0 fully saturated rings. The van der Waals surface area contributed by atoms with Crippen LogP contribution in [0.15, 0.2) is 36.5 Å². The molecule has 2 rings (SSSR count). The summed E-state index contributed by atoms with van der Waals surface area (Å²) in [5, 5.41) is 0.418. The minimum absolute atomic E-state index is 0.255. The molecule has 0 saturated carbocycles. The van der Waals surface area contributed by atoms with Crippen molar-refractivity contribution in [3.8, 4) is 0 Å². The normalized spacial score (nSPS) is 12.4. The highest BCUT2D eigenvalue weighted by Crippen LogP contribution is 2.27. The first-order chi connectivity index (χ1) is 8.09. The van der Waals surface area contributed by atoms with Crippen molar-refractivity contribution in [1.29, 1.82) is 0 Å². The summed E-state index contributed by atoms with van der Waals surface area (Å²) in [7, 11) is 0. The van der Waals surface area contributed by atoms with Gasteiger partial charge in [-0.25, -0.2) is 9.37 Å². The van der Waals surface area contributed by atoms with Crippen LogP contribution in [0.2, 0.25) is 5.02 Å². The molecule has 0 spiro atoms. The minimum Gasteiger partial charge on any atom is -0.383 e. The van der Waals surface area contributed by atoms with E-state index in [1.165, 1.54) is 12.3 Å². The van der Waals surface area contributed by atoms with Gasteiger partial charge in [-0.2, -0.15) is 0 Å². The molecule has 2 aromatic rings. The SMILES string of the molecule is Nc1ncc(Cl)cc1C(N)c1ccccc1F. The molecular weight excluding hydrogens is 241 g/mol. The van der Waals surface area contributed by atoms with Crippen LogP contribution < -0.4 is 11.5 Å². The molecule has 3 nitrogen and oxygen atoms in total. The summed E-state index contributed by atoms with van der Waals surface area (Å²) in [5.41, 5.74) is 12.6. The maximum Gasteiger partial charge on any atom is 0.128 e. The second-order valence-electron chi connectivity index (χ2n) is 3.63. The Kier molecular flexibility index (Phi) is 3.26. The van der Waals surface area contributed by atoms with Crippen molar-refractivity contribution in [1.82, 2.24) is 4.98 Å². The highest BCUT2D eigenvalue weighted by Gasteiger charge is 2.16.